The van der Waals surface area contributed by atoms with Gasteiger partial charge < -0.3 is 4.74 Å². The second kappa shape index (κ2) is 7.20. The Labute approximate surface area is 150 Å². The Balaban J connectivity index is 1.78. The maximum Gasteiger partial charge on any atom is 0.343 e. The highest BCUT2D eigenvalue weighted by molar-refractivity contribution is 6.33. The number of aromatic nitrogens is 2. The van der Waals surface area contributed by atoms with Crippen molar-refractivity contribution in [3.05, 3.63) is 82.1 Å². The van der Waals surface area contributed by atoms with Crippen molar-refractivity contribution in [2.45, 2.75) is 13.5 Å². The average molecular weight is 352 g/mol. The molecule has 0 unspecified atom stereocenters. The molecule has 0 amide bonds. The number of nitriles is 1. The fraction of sp³-hybridized carbons (Fsp3) is 0.105. The normalized spacial score (nSPS) is 10.3. The molecule has 0 fully saturated rings. The Morgan fingerprint density at radius 2 is 1.88 bits per heavy atom. The second-order valence-corrected chi connectivity index (χ2v) is 5.74. The van der Waals surface area contributed by atoms with Gasteiger partial charge in [0.05, 0.1) is 23.0 Å². The number of rotatable bonds is 4. The van der Waals surface area contributed by atoms with Gasteiger partial charge in [0.2, 0.25) is 0 Å². The first-order valence-corrected chi connectivity index (χ1v) is 7.94. The zero-order valence-corrected chi connectivity index (χ0v) is 14.2. The van der Waals surface area contributed by atoms with Gasteiger partial charge in [-0.15, -0.1) is 0 Å². The van der Waals surface area contributed by atoms with Crippen LogP contribution in [-0.4, -0.2) is 15.7 Å². The van der Waals surface area contributed by atoms with E-state index < -0.39 is 5.97 Å². The SMILES string of the molecule is Cc1nn(-c2ccccc2)c(Cl)c1C(=O)OCc1ccc(C#N)cc1. The van der Waals surface area contributed by atoms with Gasteiger partial charge in [0, 0.05) is 0 Å². The van der Waals surface area contributed by atoms with Gasteiger partial charge in [-0.05, 0) is 36.8 Å². The van der Waals surface area contributed by atoms with Crippen LogP contribution in [-0.2, 0) is 11.3 Å². The molecule has 3 rings (SSSR count). The molecule has 6 heteroatoms. The van der Waals surface area contributed by atoms with Gasteiger partial charge >= 0.3 is 5.97 Å². The standard InChI is InChI=1S/C19H14ClN3O2/c1-13-17(18(20)23(22-13)16-5-3-2-4-6-16)19(24)25-12-15-9-7-14(11-21)8-10-15/h2-10H,12H2,1H3. The topological polar surface area (TPSA) is 67.9 Å². The first kappa shape index (κ1) is 16.7. The summed E-state index contributed by atoms with van der Waals surface area (Å²) in [4.78, 5) is 12.4. The molecule has 0 aliphatic heterocycles. The Kier molecular flexibility index (Phi) is 4.82. The van der Waals surface area contributed by atoms with Crippen molar-refractivity contribution in [1.29, 1.82) is 5.26 Å². The molecule has 0 saturated carbocycles. The van der Waals surface area contributed by atoms with Gasteiger partial charge in [-0.25, -0.2) is 9.48 Å². The Morgan fingerprint density at radius 1 is 1.20 bits per heavy atom. The molecule has 0 aliphatic carbocycles. The van der Waals surface area contributed by atoms with Crippen molar-refractivity contribution in [3.63, 3.8) is 0 Å². The van der Waals surface area contributed by atoms with Crippen molar-refractivity contribution >= 4 is 17.6 Å². The lowest BCUT2D eigenvalue weighted by Gasteiger charge is -2.05. The number of esters is 1. The quantitative estimate of drug-likeness (QED) is 0.665. The number of halogens is 1. The molecule has 1 heterocycles. The summed E-state index contributed by atoms with van der Waals surface area (Å²) < 4.78 is 6.85. The first-order valence-electron chi connectivity index (χ1n) is 7.57. The smallest absolute Gasteiger partial charge is 0.343 e. The Hall–Kier alpha value is -3.10. The van der Waals surface area contributed by atoms with Crippen LogP contribution < -0.4 is 0 Å². The van der Waals surface area contributed by atoms with Crippen LogP contribution in [0.5, 0.6) is 0 Å². The monoisotopic (exact) mass is 351 g/mol. The van der Waals surface area contributed by atoms with Crippen LogP contribution >= 0.6 is 11.6 Å². The number of hydrogen-bond acceptors (Lipinski definition) is 4. The van der Waals surface area contributed by atoms with E-state index >= 15 is 0 Å². The largest absolute Gasteiger partial charge is 0.457 e. The molecule has 25 heavy (non-hydrogen) atoms. The van der Waals surface area contributed by atoms with E-state index in [9.17, 15) is 4.79 Å². The lowest BCUT2D eigenvalue weighted by Crippen LogP contribution is -2.07. The highest BCUT2D eigenvalue weighted by atomic mass is 35.5. The number of hydrogen-bond donors (Lipinski definition) is 0. The van der Waals surface area contributed by atoms with E-state index in [1.165, 1.54) is 4.68 Å². The van der Waals surface area contributed by atoms with E-state index in [0.29, 0.717) is 11.3 Å². The summed E-state index contributed by atoms with van der Waals surface area (Å²) in [6.45, 7) is 1.81. The lowest BCUT2D eigenvalue weighted by molar-refractivity contribution is 0.0472. The molecule has 124 valence electrons. The molecule has 0 radical (unpaired) electrons. The molecule has 5 nitrogen and oxygen atoms in total. The van der Waals surface area contributed by atoms with Crippen molar-refractivity contribution in [2.24, 2.45) is 0 Å². The van der Waals surface area contributed by atoms with E-state index in [1.807, 2.05) is 36.4 Å². The third-order valence-electron chi connectivity index (χ3n) is 3.66. The second-order valence-electron chi connectivity index (χ2n) is 5.38. The highest BCUT2D eigenvalue weighted by Gasteiger charge is 2.22. The van der Waals surface area contributed by atoms with Crippen LogP contribution in [0.4, 0.5) is 0 Å². The average Bonchev–Trinajstić information content (AvgIpc) is 2.95. The van der Waals surface area contributed by atoms with Gasteiger partial charge in [0.1, 0.15) is 17.3 Å². The van der Waals surface area contributed by atoms with Crippen LogP contribution in [0.2, 0.25) is 5.15 Å². The minimum absolute atomic E-state index is 0.0941. The number of benzene rings is 2. The minimum Gasteiger partial charge on any atom is -0.457 e. The van der Waals surface area contributed by atoms with Gasteiger partial charge in [0.25, 0.3) is 0 Å². The lowest BCUT2D eigenvalue weighted by atomic mass is 10.1. The minimum atomic E-state index is -0.533. The first-order chi connectivity index (χ1) is 12.1. The molecule has 0 atom stereocenters. The van der Waals surface area contributed by atoms with Crippen molar-refractivity contribution < 1.29 is 9.53 Å². The van der Waals surface area contributed by atoms with Crippen molar-refractivity contribution in [1.82, 2.24) is 9.78 Å². The zero-order chi connectivity index (χ0) is 17.8. The maximum atomic E-state index is 12.4. The molecule has 0 bridgehead atoms. The summed E-state index contributed by atoms with van der Waals surface area (Å²) in [6.07, 6.45) is 0. The highest BCUT2D eigenvalue weighted by Crippen LogP contribution is 2.24. The van der Waals surface area contributed by atoms with Crippen LogP contribution in [0.25, 0.3) is 5.69 Å². The number of ether oxygens (including phenoxy) is 1. The summed E-state index contributed by atoms with van der Waals surface area (Å²) in [5.74, 6) is -0.533. The predicted molar refractivity (Wildman–Crippen MR) is 93.6 cm³/mol. The van der Waals surface area contributed by atoms with E-state index in [-0.39, 0.29) is 17.3 Å². The number of para-hydroxylation sites is 1. The number of nitrogens with zero attached hydrogens (tertiary/aromatic N) is 3. The van der Waals surface area contributed by atoms with Gasteiger partial charge in [0.15, 0.2) is 0 Å². The Morgan fingerprint density at radius 3 is 2.52 bits per heavy atom. The van der Waals surface area contributed by atoms with E-state index in [2.05, 4.69) is 5.10 Å². The summed E-state index contributed by atoms with van der Waals surface area (Å²) in [6, 6.07) is 18.2. The van der Waals surface area contributed by atoms with Gasteiger partial charge in [-0.1, -0.05) is 41.9 Å². The molecule has 0 aliphatic rings. The fourth-order valence-electron chi connectivity index (χ4n) is 2.37. The molecule has 0 saturated heterocycles. The van der Waals surface area contributed by atoms with Gasteiger partial charge in [-0.2, -0.15) is 10.4 Å². The molecule has 1 aromatic heterocycles. The van der Waals surface area contributed by atoms with E-state index in [4.69, 9.17) is 21.6 Å². The van der Waals surface area contributed by atoms with Crippen molar-refractivity contribution in [2.75, 3.05) is 0 Å². The van der Waals surface area contributed by atoms with Crippen LogP contribution in [0.1, 0.15) is 27.2 Å². The molecular formula is C19H14ClN3O2. The van der Waals surface area contributed by atoms with Crippen molar-refractivity contribution in [3.8, 4) is 11.8 Å². The molecule has 3 aromatic rings. The fourth-order valence-corrected chi connectivity index (χ4v) is 2.72. The summed E-state index contributed by atoms with van der Waals surface area (Å²) in [7, 11) is 0. The molecule has 0 spiro atoms. The number of carbonyl (C=O) groups excluding carboxylic acids is 1. The molecular weight excluding hydrogens is 338 g/mol. The van der Waals surface area contributed by atoms with Crippen LogP contribution in [0, 0.1) is 18.3 Å². The number of carbonyl (C=O) groups is 1. The number of aryl methyl sites for hydroxylation is 1. The molecule has 0 N–H and O–H groups in total. The predicted octanol–water partition coefficient (Wildman–Crippen LogP) is 4.06. The summed E-state index contributed by atoms with van der Waals surface area (Å²) in [5, 5.41) is 13.3. The third-order valence-corrected chi connectivity index (χ3v) is 4.01. The van der Waals surface area contributed by atoms with E-state index in [1.54, 1.807) is 31.2 Å². The summed E-state index contributed by atoms with van der Waals surface area (Å²) in [5.41, 5.74) is 2.86. The van der Waals surface area contributed by atoms with E-state index in [0.717, 1.165) is 11.3 Å². The van der Waals surface area contributed by atoms with Crippen LogP contribution in [0.15, 0.2) is 54.6 Å². The molecule has 2 aromatic carbocycles. The third kappa shape index (κ3) is 3.54. The maximum absolute atomic E-state index is 12.4. The zero-order valence-electron chi connectivity index (χ0n) is 13.4. The van der Waals surface area contributed by atoms with Crippen LogP contribution in [0.3, 0.4) is 0 Å². The van der Waals surface area contributed by atoms with Gasteiger partial charge in [-0.3, -0.25) is 0 Å². The summed E-state index contributed by atoms with van der Waals surface area (Å²) >= 11 is 6.34. The Bertz CT molecular complexity index is 941.